The van der Waals surface area contributed by atoms with Gasteiger partial charge in [0.15, 0.2) is 0 Å². The minimum absolute atomic E-state index is 0.123. The van der Waals surface area contributed by atoms with E-state index in [4.69, 9.17) is 10.5 Å². The molecule has 13 rings (SSSR count). The summed E-state index contributed by atoms with van der Waals surface area (Å²) >= 11 is 0. The van der Waals surface area contributed by atoms with Crippen LogP contribution in [-0.4, -0.2) is 215 Å². The largest absolute Gasteiger partial charge is 0.378 e. The lowest BCUT2D eigenvalue weighted by atomic mass is 9.87. The van der Waals surface area contributed by atoms with Gasteiger partial charge in [0, 0.05) is 125 Å². The number of carbonyl (C=O) groups is 2. The van der Waals surface area contributed by atoms with Crippen molar-refractivity contribution in [2.24, 2.45) is 34.8 Å². The number of nitrogens with two attached hydrogens (primary N) is 1. The molecule has 108 heavy (non-hydrogen) atoms. The molecular formula is C72H97F3N18O11S4. The molecule has 29 nitrogen and oxygen atoms in total. The van der Waals surface area contributed by atoms with Gasteiger partial charge in [0.2, 0.25) is 40.1 Å². The number of Topliss-reactive ketones (excluding diaryl/α,β-unsaturated/α-hetero) is 1. The van der Waals surface area contributed by atoms with Crippen LogP contribution in [0.3, 0.4) is 0 Å². The van der Waals surface area contributed by atoms with Crippen molar-refractivity contribution in [2.75, 3.05) is 154 Å². The number of rotatable bonds is 20. The Balaban J connectivity index is 0.000000154. The number of amides is 1. The molecule has 36 heteroatoms. The summed E-state index contributed by atoms with van der Waals surface area (Å²) in [6, 6.07) is 15.0. The number of ether oxygens (including phenoxy) is 1. The number of carbonyl (C=O) groups excluding carboxylic acids is 2. The Morgan fingerprint density at radius 3 is 1.19 bits per heavy atom. The summed E-state index contributed by atoms with van der Waals surface area (Å²) in [7, 11) is -12.9. The first-order valence-electron chi connectivity index (χ1n) is 36.0. The number of anilines is 5. The summed E-state index contributed by atoms with van der Waals surface area (Å²) in [4.78, 5) is 68.8. The molecule has 5 saturated heterocycles. The van der Waals surface area contributed by atoms with Gasteiger partial charge in [-0.1, -0.05) is 26.8 Å². The van der Waals surface area contributed by atoms with E-state index in [9.17, 15) is 56.4 Å². The van der Waals surface area contributed by atoms with Crippen molar-refractivity contribution in [2.45, 2.75) is 85.5 Å². The quantitative estimate of drug-likeness (QED) is 0.0551. The van der Waals surface area contributed by atoms with E-state index in [1.54, 1.807) is 25.4 Å². The van der Waals surface area contributed by atoms with E-state index in [0.29, 0.717) is 134 Å². The fourth-order valence-electron chi connectivity index (χ4n) is 13.9. The summed E-state index contributed by atoms with van der Waals surface area (Å²) in [5, 5.41) is 2.80. The maximum absolute atomic E-state index is 14.9. The van der Waals surface area contributed by atoms with Crippen molar-refractivity contribution in [1.29, 1.82) is 0 Å². The van der Waals surface area contributed by atoms with E-state index in [1.165, 1.54) is 55.8 Å². The number of primary amides is 1. The van der Waals surface area contributed by atoms with Crippen LogP contribution in [0.1, 0.15) is 93.6 Å². The van der Waals surface area contributed by atoms with Gasteiger partial charge in [-0.2, -0.15) is 0 Å². The zero-order valence-electron chi connectivity index (χ0n) is 62.1. The number of piperidine rings is 4. The molecule has 8 aromatic rings. The summed E-state index contributed by atoms with van der Waals surface area (Å²) in [6.07, 6.45) is 18.4. The SMILES string of the molecule is CC(C)(C)C(=O)Cc1ccc2ncnc(N3CCCC(CNS(C)(=O)=O)C3)c2c1.CS(=O)(=O)NCC1CCCN(c2ncnc3cc(C(N)=O)c(F)cc23)C1.CS(=O)(=O)NCC1CCCN(c2ncnc3cc(N4CCOCC4)c(F)cc23)C1.Cc1cc2ncnc(N3CCCC(CNS(C)(=O)=O)C3)c2cc1F. The van der Waals surface area contributed by atoms with E-state index in [0.717, 1.165) is 124 Å². The number of nitrogens with one attached hydrogen (secondary N) is 4. The summed E-state index contributed by atoms with van der Waals surface area (Å²) in [6.45, 7) is 17.5. The van der Waals surface area contributed by atoms with Gasteiger partial charge in [-0.3, -0.25) is 9.59 Å². The van der Waals surface area contributed by atoms with Crippen molar-refractivity contribution in [1.82, 2.24) is 58.8 Å². The third-order valence-corrected chi connectivity index (χ3v) is 22.4. The lowest BCUT2D eigenvalue weighted by molar-refractivity contribution is -0.125. The van der Waals surface area contributed by atoms with Gasteiger partial charge >= 0.3 is 0 Å². The van der Waals surface area contributed by atoms with Crippen molar-refractivity contribution in [3.63, 3.8) is 0 Å². The average molecular weight is 1580 g/mol. The number of aromatic nitrogens is 8. The van der Waals surface area contributed by atoms with Gasteiger partial charge in [-0.05, 0) is 142 Å². The second-order valence-corrected chi connectivity index (χ2v) is 36.9. The van der Waals surface area contributed by atoms with E-state index < -0.39 is 51.8 Å². The highest BCUT2D eigenvalue weighted by atomic mass is 32.2. The number of hydrogen-bond donors (Lipinski definition) is 5. The molecule has 4 unspecified atom stereocenters. The highest BCUT2D eigenvalue weighted by Crippen LogP contribution is 2.36. The van der Waals surface area contributed by atoms with Crippen LogP contribution >= 0.6 is 0 Å². The number of fused-ring (bicyclic) bond motifs is 4. The zero-order chi connectivity index (χ0) is 77.9. The van der Waals surface area contributed by atoms with Crippen molar-refractivity contribution in [3.8, 4) is 0 Å². The molecule has 5 fully saturated rings. The van der Waals surface area contributed by atoms with Gasteiger partial charge in [-0.25, -0.2) is 106 Å². The molecule has 0 saturated carbocycles. The summed E-state index contributed by atoms with van der Waals surface area (Å²) < 4.78 is 150. The van der Waals surface area contributed by atoms with Gasteiger partial charge < -0.3 is 35.0 Å². The smallest absolute Gasteiger partial charge is 0.251 e. The van der Waals surface area contributed by atoms with Crippen LogP contribution in [-0.2, 0) is 56.0 Å². The van der Waals surface area contributed by atoms with Gasteiger partial charge in [0.05, 0.1) is 71.6 Å². The fraction of sp³-hybridized carbons (Fsp3) is 0.528. The number of nitrogens with zero attached hydrogens (tertiary/aromatic N) is 13. The summed E-state index contributed by atoms with van der Waals surface area (Å²) in [5.74, 6) is 1.63. The third kappa shape index (κ3) is 23.2. The van der Waals surface area contributed by atoms with Crippen LogP contribution in [0.15, 0.2) is 79.9 Å². The van der Waals surface area contributed by atoms with E-state index in [-0.39, 0.29) is 52.1 Å². The molecule has 4 aromatic carbocycles. The molecule has 0 bridgehead atoms. The lowest BCUT2D eigenvalue weighted by Crippen LogP contribution is -2.41. The van der Waals surface area contributed by atoms with E-state index in [1.807, 2.05) is 48.8 Å². The number of benzene rings is 4. The molecule has 6 N–H and O–H groups in total. The van der Waals surface area contributed by atoms with Gasteiger partial charge in [-0.15, -0.1) is 0 Å². The van der Waals surface area contributed by atoms with Crippen LogP contribution < -0.4 is 49.1 Å². The number of morpholine rings is 1. The first-order valence-corrected chi connectivity index (χ1v) is 43.5. The fourth-order valence-corrected chi connectivity index (χ4v) is 16.1. The number of aryl methyl sites for hydroxylation is 1. The topological polar surface area (TPSA) is 373 Å². The van der Waals surface area contributed by atoms with Crippen molar-refractivity contribution >= 4 is 124 Å². The maximum atomic E-state index is 14.9. The first-order chi connectivity index (χ1) is 51.0. The Kier molecular flexibility index (Phi) is 27.1. The standard InChI is InChI=1S/C21H30N4O3S.C19H26FN5O3S.C16H20FN5O3S.C16H21FN4O2S/c1-21(2,3)19(26)11-15-7-8-18-17(10-15)20(23-14-22-18)25-9-5-6-16(13-25)12-24-29(4,27)28;1-29(26,27)23-11-14-3-2-4-25(12-14)19-15-9-16(20)18(10-17(15)21-13-22-19)24-5-7-28-8-6-24;1-26(24,25)21-7-10-3-2-4-22(8-10)16-12-5-13(17)11(15(18)23)6-14(12)19-9-20-16;1-11-6-15-13(7-14(11)17)16(19-10-18-15)21-5-3-4-12(9-21)8-20-24(2,22)23/h7-8,10,14,16,24H,5-6,9,11-13H2,1-4H3;9-10,13-14,23H,2-8,11-12H2,1H3;5-6,9-10,21H,2-4,7-8H2,1H3,(H2,18,23);6-7,10,12,20H,3-5,8-9H2,1-2H3. The Hall–Kier alpha value is -8.23. The highest BCUT2D eigenvalue weighted by Gasteiger charge is 2.30. The van der Waals surface area contributed by atoms with Gasteiger partial charge in [0.1, 0.15) is 71.8 Å². The molecular weight excluding hydrogens is 1480 g/mol. The highest BCUT2D eigenvalue weighted by molar-refractivity contribution is 7.89. The predicted molar refractivity (Wildman–Crippen MR) is 414 cm³/mol. The molecule has 0 spiro atoms. The first kappa shape index (κ1) is 82.3. The molecule has 1 amide bonds. The predicted octanol–water partition coefficient (Wildman–Crippen LogP) is 6.40. The third-order valence-electron chi connectivity index (χ3n) is 19.6. The number of hydrogen-bond acceptors (Lipinski definition) is 24. The molecule has 0 radical (unpaired) electrons. The van der Waals surface area contributed by atoms with Crippen molar-refractivity contribution in [3.05, 3.63) is 114 Å². The molecule has 9 heterocycles. The minimum atomic E-state index is -3.25. The lowest BCUT2D eigenvalue weighted by Gasteiger charge is -2.34. The average Bonchev–Trinajstić information content (AvgIpc) is 0.788. The molecule has 0 aliphatic carbocycles. The Morgan fingerprint density at radius 2 is 0.815 bits per heavy atom. The molecule has 4 atom stereocenters. The van der Waals surface area contributed by atoms with Crippen LogP contribution in [0.4, 0.5) is 42.1 Å². The minimum Gasteiger partial charge on any atom is -0.378 e. The Labute approximate surface area is 629 Å². The molecule has 5 aliphatic heterocycles. The van der Waals surface area contributed by atoms with E-state index >= 15 is 0 Å². The van der Waals surface area contributed by atoms with Crippen molar-refractivity contribution < 1.29 is 61.2 Å². The molecule has 586 valence electrons. The van der Waals surface area contributed by atoms with Crippen LogP contribution in [0.2, 0.25) is 0 Å². The summed E-state index contributed by atoms with van der Waals surface area (Å²) in [5.41, 5.74) is 9.35. The zero-order valence-corrected chi connectivity index (χ0v) is 65.4. The second kappa shape index (κ2) is 35.6. The second-order valence-electron chi connectivity index (χ2n) is 29.5. The van der Waals surface area contributed by atoms with Crippen LogP contribution in [0.5, 0.6) is 0 Å². The Bertz CT molecular complexity index is 5030. The number of halogens is 3. The van der Waals surface area contributed by atoms with Crippen LogP contribution in [0, 0.1) is 53.5 Å². The maximum Gasteiger partial charge on any atom is 0.251 e. The Morgan fingerprint density at radius 1 is 0.463 bits per heavy atom. The molecule has 5 aliphatic rings. The number of ketones is 1. The normalized spacial score (nSPS) is 19.1. The van der Waals surface area contributed by atoms with Gasteiger partial charge in [0.25, 0.3) is 5.91 Å². The van der Waals surface area contributed by atoms with Crippen LogP contribution in [0.25, 0.3) is 43.6 Å². The van der Waals surface area contributed by atoms with E-state index in [2.05, 4.69) is 73.5 Å². The number of sulfonamides is 4. The molecule has 4 aromatic heterocycles. The monoisotopic (exact) mass is 1570 g/mol.